The molecule has 3 heterocycles. The van der Waals surface area contributed by atoms with Crippen molar-refractivity contribution < 1.29 is 9.90 Å². The van der Waals surface area contributed by atoms with Crippen molar-refractivity contribution in [1.29, 1.82) is 0 Å². The number of carbonyl (C=O) groups excluding carboxylic acids is 1. The Balaban J connectivity index is 1.30. The summed E-state index contributed by atoms with van der Waals surface area (Å²) in [6.45, 7) is 10.3. The fourth-order valence-electron chi connectivity index (χ4n) is 5.92. The number of rotatable bonds is 7. The molecule has 1 amide bonds. The van der Waals surface area contributed by atoms with Gasteiger partial charge in [-0.15, -0.1) is 11.3 Å². The van der Waals surface area contributed by atoms with E-state index in [2.05, 4.69) is 49.2 Å². The van der Waals surface area contributed by atoms with E-state index in [1.54, 1.807) is 0 Å². The summed E-state index contributed by atoms with van der Waals surface area (Å²) >= 11 is 1.51. The molecule has 5 rings (SSSR count). The number of pyridine rings is 1. The van der Waals surface area contributed by atoms with Gasteiger partial charge >= 0.3 is 0 Å². The van der Waals surface area contributed by atoms with Crippen LogP contribution in [-0.4, -0.2) is 47.1 Å². The summed E-state index contributed by atoms with van der Waals surface area (Å²) in [4.78, 5) is 22.6. The maximum Gasteiger partial charge on any atom is 0.261 e. The molecule has 0 radical (unpaired) electrons. The minimum Gasteiger partial charge on any atom is -0.396 e. The Bertz CT molecular complexity index is 1210. The van der Waals surface area contributed by atoms with E-state index < -0.39 is 0 Å². The van der Waals surface area contributed by atoms with Gasteiger partial charge in [0, 0.05) is 24.2 Å². The van der Waals surface area contributed by atoms with E-state index in [1.165, 1.54) is 29.0 Å². The topological polar surface area (TPSA) is 65.5 Å². The highest BCUT2D eigenvalue weighted by atomic mass is 32.1. The van der Waals surface area contributed by atoms with Gasteiger partial charge in [-0.3, -0.25) is 4.79 Å². The molecule has 1 aromatic carbocycles. The molecule has 1 aliphatic carbocycles. The Labute approximate surface area is 225 Å². The summed E-state index contributed by atoms with van der Waals surface area (Å²) < 4.78 is 0. The Morgan fingerprint density at radius 2 is 1.92 bits per heavy atom. The van der Waals surface area contributed by atoms with Gasteiger partial charge in [0.05, 0.1) is 10.9 Å². The summed E-state index contributed by atoms with van der Waals surface area (Å²) in [5.74, 6) is 1.09. The van der Waals surface area contributed by atoms with E-state index in [4.69, 9.17) is 4.98 Å². The van der Waals surface area contributed by atoms with E-state index in [9.17, 15) is 9.90 Å². The van der Waals surface area contributed by atoms with E-state index in [-0.39, 0.29) is 11.9 Å². The van der Waals surface area contributed by atoms with Crippen LogP contribution in [0.3, 0.4) is 0 Å². The number of hydrogen-bond acceptors (Lipinski definition) is 5. The third-order valence-corrected chi connectivity index (χ3v) is 9.57. The predicted molar refractivity (Wildman–Crippen MR) is 152 cm³/mol. The maximum absolute atomic E-state index is 13.5. The lowest BCUT2D eigenvalue weighted by Gasteiger charge is -2.34. The number of aliphatic hydroxyl groups is 1. The van der Waals surface area contributed by atoms with Crippen LogP contribution >= 0.6 is 11.3 Å². The van der Waals surface area contributed by atoms with Gasteiger partial charge in [0.1, 0.15) is 4.83 Å². The monoisotopic (exact) mass is 519 g/mol. The van der Waals surface area contributed by atoms with E-state index in [0.717, 1.165) is 72.4 Å². The number of hydrogen-bond donors (Lipinski definition) is 2. The first-order chi connectivity index (χ1) is 17.8. The minimum absolute atomic E-state index is 0.0126. The molecule has 2 aromatic heterocycles. The molecule has 1 aliphatic heterocycles. The fraction of sp³-hybridized carbons (Fsp3) is 0.548. The van der Waals surface area contributed by atoms with Crippen molar-refractivity contribution in [2.75, 3.05) is 26.2 Å². The first-order valence-corrected chi connectivity index (χ1v) is 14.7. The number of likely N-dealkylation sites (tertiary alicyclic amines) is 1. The van der Waals surface area contributed by atoms with E-state index in [1.807, 2.05) is 24.3 Å². The van der Waals surface area contributed by atoms with Crippen LogP contribution < -0.4 is 5.32 Å². The molecule has 0 saturated carbocycles. The second-order valence-electron chi connectivity index (χ2n) is 12.1. The van der Waals surface area contributed by atoms with Crippen LogP contribution in [0.15, 0.2) is 42.5 Å². The van der Waals surface area contributed by atoms with Gasteiger partial charge in [-0.05, 0) is 92.1 Å². The number of benzene rings is 1. The Kier molecular flexibility index (Phi) is 7.99. The second kappa shape index (κ2) is 11.2. The van der Waals surface area contributed by atoms with Crippen LogP contribution in [0.2, 0.25) is 0 Å². The molecule has 2 atom stereocenters. The minimum atomic E-state index is -0.0387. The number of aryl methyl sites for hydroxylation is 1. The zero-order valence-electron chi connectivity index (χ0n) is 22.5. The molecule has 1 fully saturated rings. The number of fused-ring (bicyclic) bond motifs is 2. The Morgan fingerprint density at radius 1 is 1.16 bits per heavy atom. The SMILES string of the molecule is CC(C)(C)[C@H]1CCc2nc3sc(C(=O)NC(CCN4CCC(CO)CC4)c4ccccc4)cc3cc2C1. The molecular weight excluding hydrogens is 478 g/mol. The van der Waals surface area contributed by atoms with Crippen LogP contribution in [0.25, 0.3) is 10.2 Å². The number of nitrogens with zero attached hydrogens (tertiary/aromatic N) is 2. The molecule has 0 bridgehead atoms. The summed E-state index contributed by atoms with van der Waals surface area (Å²) in [6, 6.07) is 14.6. The van der Waals surface area contributed by atoms with Crippen LogP contribution in [0.4, 0.5) is 0 Å². The molecule has 6 heteroatoms. The zero-order chi connectivity index (χ0) is 26.0. The number of carbonyl (C=O) groups is 1. The maximum atomic E-state index is 13.5. The third kappa shape index (κ3) is 6.24. The quantitative estimate of drug-likeness (QED) is 0.401. The molecule has 3 aromatic rings. The molecule has 198 valence electrons. The molecule has 37 heavy (non-hydrogen) atoms. The molecule has 2 aliphatic rings. The lowest BCUT2D eigenvalue weighted by atomic mass is 9.71. The molecule has 1 saturated heterocycles. The van der Waals surface area contributed by atoms with Crippen LogP contribution in [-0.2, 0) is 12.8 Å². The van der Waals surface area contributed by atoms with Crippen molar-refractivity contribution in [3.05, 3.63) is 64.2 Å². The molecular formula is C31H41N3O2S. The number of nitrogens with one attached hydrogen (secondary N) is 1. The predicted octanol–water partition coefficient (Wildman–Crippen LogP) is 6.01. The average molecular weight is 520 g/mol. The van der Waals surface area contributed by atoms with Gasteiger partial charge in [-0.1, -0.05) is 51.1 Å². The summed E-state index contributed by atoms with van der Waals surface area (Å²) in [5, 5.41) is 13.9. The second-order valence-corrected chi connectivity index (χ2v) is 13.1. The van der Waals surface area contributed by atoms with Gasteiger partial charge in [-0.2, -0.15) is 0 Å². The first-order valence-electron chi connectivity index (χ1n) is 13.9. The lowest BCUT2D eigenvalue weighted by molar-refractivity contribution is 0.0928. The van der Waals surface area contributed by atoms with Gasteiger partial charge < -0.3 is 15.3 Å². The smallest absolute Gasteiger partial charge is 0.261 e. The van der Waals surface area contributed by atoms with Crippen molar-refractivity contribution in [1.82, 2.24) is 15.2 Å². The standard InChI is InChI=1S/C31H41N3O2S/c1-31(2,3)25-9-10-26-23(18-25)17-24-19-28(37-30(24)33-26)29(36)32-27(22-7-5-4-6-8-22)13-16-34-14-11-21(20-35)12-15-34/h4-8,17,19,21,25,27,35H,9-16,18,20H2,1-3H3,(H,32,36)/t25-,27?/m0/s1. The van der Waals surface area contributed by atoms with Gasteiger partial charge in [0.2, 0.25) is 0 Å². The van der Waals surface area contributed by atoms with Crippen molar-refractivity contribution in [2.24, 2.45) is 17.3 Å². The number of aliphatic hydroxyl groups excluding tert-OH is 1. The van der Waals surface area contributed by atoms with Crippen LogP contribution in [0.5, 0.6) is 0 Å². The summed E-state index contributed by atoms with van der Waals surface area (Å²) in [7, 11) is 0. The fourth-order valence-corrected chi connectivity index (χ4v) is 6.85. The Morgan fingerprint density at radius 3 is 2.62 bits per heavy atom. The van der Waals surface area contributed by atoms with Crippen molar-refractivity contribution in [3.8, 4) is 0 Å². The number of thiophene rings is 1. The third-order valence-electron chi connectivity index (χ3n) is 8.53. The molecule has 1 unspecified atom stereocenters. The van der Waals surface area contributed by atoms with Crippen molar-refractivity contribution >= 4 is 27.5 Å². The largest absolute Gasteiger partial charge is 0.396 e. The number of amides is 1. The highest BCUT2D eigenvalue weighted by molar-refractivity contribution is 7.20. The van der Waals surface area contributed by atoms with E-state index >= 15 is 0 Å². The molecule has 0 spiro atoms. The van der Waals surface area contributed by atoms with Gasteiger partial charge in [0.25, 0.3) is 5.91 Å². The summed E-state index contributed by atoms with van der Waals surface area (Å²) in [5.41, 5.74) is 4.02. The zero-order valence-corrected chi connectivity index (χ0v) is 23.3. The normalized spacial score (nSPS) is 20.1. The highest BCUT2D eigenvalue weighted by Crippen LogP contribution is 2.38. The summed E-state index contributed by atoms with van der Waals surface area (Å²) in [6.07, 6.45) is 6.25. The lowest BCUT2D eigenvalue weighted by Crippen LogP contribution is -2.37. The molecule has 5 nitrogen and oxygen atoms in total. The van der Waals surface area contributed by atoms with Gasteiger partial charge in [0.15, 0.2) is 0 Å². The highest BCUT2D eigenvalue weighted by Gasteiger charge is 2.30. The van der Waals surface area contributed by atoms with Crippen molar-refractivity contribution in [2.45, 2.75) is 65.3 Å². The number of piperidine rings is 1. The average Bonchev–Trinajstić information content (AvgIpc) is 3.32. The Hall–Kier alpha value is -2.28. The molecule has 2 N–H and O–H groups in total. The number of aromatic nitrogens is 1. The van der Waals surface area contributed by atoms with Crippen LogP contribution in [0, 0.1) is 17.3 Å². The van der Waals surface area contributed by atoms with Crippen molar-refractivity contribution in [3.63, 3.8) is 0 Å². The van der Waals surface area contributed by atoms with Gasteiger partial charge in [-0.25, -0.2) is 4.98 Å². The van der Waals surface area contributed by atoms with E-state index in [0.29, 0.717) is 23.9 Å². The van der Waals surface area contributed by atoms with Crippen LogP contribution in [0.1, 0.15) is 79.0 Å². The first kappa shape index (κ1) is 26.3.